The normalized spacial score (nSPS) is 11.1. The number of hydrogen-bond acceptors (Lipinski definition) is 5. The summed E-state index contributed by atoms with van der Waals surface area (Å²) in [6.07, 6.45) is 3.17. The number of thiophene rings is 1. The first-order valence-electron chi connectivity index (χ1n) is 9.66. The Morgan fingerprint density at radius 1 is 1.16 bits per heavy atom. The molecule has 0 aliphatic heterocycles. The lowest BCUT2D eigenvalue weighted by Gasteiger charge is -2.08. The zero-order valence-electron chi connectivity index (χ0n) is 16.5. The number of benzene rings is 1. The lowest BCUT2D eigenvalue weighted by atomic mass is 10.0. The lowest BCUT2D eigenvalue weighted by Crippen LogP contribution is -2.13. The first kappa shape index (κ1) is 20.3. The number of carbonyl (C=O) groups excluding carboxylic acids is 1. The van der Waals surface area contributed by atoms with Crippen molar-refractivity contribution in [3.8, 4) is 22.5 Å². The van der Waals surface area contributed by atoms with Crippen LogP contribution < -0.4 is 5.32 Å². The van der Waals surface area contributed by atoms with Gasteiger partial charge in [-0.3, -0.25) is 4.79 Å². The van der Waals surface area contributed by atoms with E-state index >= 15 is 0 Å². The van der Waals surface area contributed by atoms with Gasteiger partial charge in [-0.2, -0.15) is 5.10 Å². The summed E-state index contributed by atoms with van der Waals surface area (Å²) in [4.78, 5) is 21.7. The third kappa shape index (κ3) is 4.10. The monoisotopic (exact) mass is 463 g/mol. The fourth-order valence-corrected chi connectivity index (χ4v) is 4.32. The number of carbonyl (C=O) groups is 1. The summed E-state index contributed by atoms with van der Waals surface area (Å²) >= 11 is 7.56. The number of fused-ring (bicyclic) bond motifs is 1. The minimum absolute atomic E-state index is 0.101. The molecule has 0 saturated heterocycles. The van der Waals surface area contributed by atoms with Gasteiger partial charge in [0, 0.05) is 22.3 Å². The molecule has 1 amide bonds. The molecule has 9 heteroatoms. The van der Waals surface area contributed by atoms with Crippen LogP contribution in [0.4, 0.5) is 10.1 Å². The molecule has 0 saturated carbocycles. The van der Waals surface area contributed by atoms with Crippen molar-refractivity contribution in [2.75, 3.05) is 5.32 Å². The fourth-order valence-electron chi connectivity index (χ4n) is 3.47. The van der Waals surface area contributed by atoms with Crippen LogP contribution in [-0.4, -0.2) is 25.5 Å². The zero-order chi connectivity index (χ0) is 22.1. The van der Waals surface area contributed by atoms with Gasteiger partial charge in [0.2, 0.25) is 11.2 Å². The van der Waals surface area contributed by atoms with E-state index in [0.29, 0.717) is 34.6 Å². The number of rotatable bonds is 5. The molecule has 0 atom stereocenters. The van der Waals surface area contributed by atoms with E-state index < -0.39 is 5.82 Å². The molecule has 5 aromatic rings. The Morgan fingerprint density at radius 3 is 2.88 bits per heavy atom. The summed E-state index contributed by atoms with van der Waals surface area (Å²) in [6, 6.07) is 15.9. The first-order chi connectivity index (χ1) is 15.6. The average molecular weight is 464 g/mol. The van der Waals surface area contributed by atoms with E-state index in [1.807, 2.05) is 41.8 Å². The van der Waals surface area contributed by atoms with Gasteiger partial charge in [0.25, 0.3) is 0 Å². The molecule has 0 aliphatic carbocycles. The summed E-state index contributed by atoms with van der Waals surface area (Å²) in [7, 11) is 0. The van der Waals surface area contributed by atoms with Crippen molar-refractivity contribution < 1.29 is 9.18 Å². The average Bonchev–Trinajstić information content (AvgIpc) is 3.41. The molecule has 32 heavy (non-hydrogen) atoms. The van der Waals surface area contributed by atoms with E-state index in [9.17, 15) is 9.18 Å². The lowest BCUT2D eigenvalue weighted by molar-refractivity contribution is -0.115. The van der Waals surface area contributed by atoms with Gasteiger partial charge in [0.1, 0.15) is 11.5 Å². The molecule has 4 aromatic heterocycles. The molecule has 0 spiro atoms. The van der Waals surface area contributed by atoms with Gasteiger partial charge in [-0.05, 0) is 53.4 Å². The highest BCUT2D eigenvalue weighted by Crippen LogP contribution is 2.35. The topological polar surface area (TPSA) is 72.2 Å². The number of anilines is 1. The first-order valence-corrected chi connectivity index (χ1v) is 10.9. The van der Waals surface area contributed by atoms with Gasteiger partial charge < -0.3 is 5.32 Å². The van der Waals surface area contributed by atoms with Crippen LogP contribution in [0.5, 0.6) is 0 Å². The van der Waals surface area contributed by atoms with E-state index in [4.69, 9.17) is 11.6 Å². The molecule has 0 unspecified atom stereocenters. The molecule has 1 N–H and O–H groups in total. The third-order valence-corrected chi connectivity index (χ3v) is 5.87. The van der Waals surface area contributed by atoms with Crippen LogP contribution in [0.25, 0.3) is 28.0 Å². The molecule has 5 rings (SSSR count). The number of hydrogen-bond donors (Lipinski definition) is 1. The smallest absolute Gasteiger partial charge is 0.229 e. The van der Waals surface area contributed by atoms with Crippen molar-refractivity contribution >= 4 is 40.0 Å². The van der Waals surface area contributed by atoms with Crippen LogP contribution in [0.1, 0.15) is 4.88 Å². The molecule has 0 fully saturated rings. The van der Waals surface area contributed by atoms with Crippen molar-refractivity contribution in [1.29, 1.82) is 0 Å². The molecule has 158 valence electrons. The molecular weight excluding hydrogens is 449 g/mol. The fraction of sp³-hybridized carbons (Fsp3) is 0.0435. The Hall–Kier alpha value is -3.62. The summed E-state index contributed by atoms with van der Waals surface area (Å²) in [5.74, 6) is -0.516. The van der Waals surface area contributed by atoms with Crippen LogP contribution in [0, 0.1) is 5.82 Å². The van der Waals surface area contributed by atoms with Crippen molar-refractivity contribution in [3.05, 3.63) is 88.3 Å². The SMILES string of the molecule is O=C(Cc1cccs1)Nc1cccc(-c2nn3cc(F)ccc3c2-c2ccnc(Cl)n2)c1. The van der Waals surface area contributed by atoms with Gasteiger partial charge in [0.05, 0.1) is 29.4 Å². The minimum atomic E-state index is -0.409. The van der Waals surface area contributed by atoms with Crippen LogP contribution in [0.15, 0.2) is 72.4 Å². The summed E-state index contributed by atoms with van der Waals surface area (Å²) in [6.45, 7) is 0. The van der Waals surface area contributed by atoms with E-state index in [2.05, 4.69) is 20.4 Å². The van der Waals surface area contributed by atoms with Crippen LogP contribution in [0.3, 0.4) is 0 Å². The Bertz CT molecular complexity index is 1430. The van der Waals surface area contributed by atoms with Crippen molar-refractivity contribution in [2.24, 2.45) is 0 Å². The third-order valence-electron chi connectivity index (χ3n) is 4.81. The van der Waals surface area contributed by atoms with Crippen molar-refractivity contribution in [3.63, 3.8) is 0 Å². The van der Waals surface area contributed by atoms with E-state index in [1.165, 1.54) is 28.1 Å². The van der Waals surface area contributed by atoms with Gasteiger partial charge in [-0.1, -0.05) is 18.2 Å². The quantitative estimate of drug-likeness (QED) is 0.350. The number of halogens is 2. The van der Waals surface area contributed by atoms with Gasteiger partial charge in [-0.15, -0.1) is 11.3 Å². The van der Waals surface area contributed by atoms with E-state index in [0.717, 1.165) is 10.4 Å². The second-order valence-corrected chi connectivity index (χ2v) is 8.37. The second kappa shape index (κ2) is 8.49. The highest BCUT2D eigenvalue weighted by Gasteiger charge is 2.19. The molecule has 0 bridgehead atoms. The number of nitrogens with one attached hydrogen (secondary N) is 1. The molecule has 6 nitrogen and oxygen atoms in total. The van der Waals surface area contributed by atoms with Crippen LogP contribution in [-0.2, 0) is 11.2 Å². The summed E-state index contributed by atoms with van der Waals surface area (Å²) in [5, 5.41) is 9.56. The van der Waals surface area contributed by atoms with Crippen LogP contribution >= 0.6 is 22.9 Å². The molecule has 1 aromatic carbocycles. The largest absolute Gasteiger partial charge is 0.326 e. The Labute approximate surface area is 191 Å². The van der Waals surface area contributed by atoms with Gasteiger partial charge in [-0.25, -0.2) is 18.9 Å². The maximum Gasteiger partial charge on any atom is 0.229 e. The minimum Gasteiger partial charge on any atom is -0.326 e. The standard InChI is InChI=1S/C23H15ClFN5OS/c24-23-26-9-8-18(28-23)21-19-7-6-15(25)13-30(19)29-22(21)14-3-1-4-16(11-14)27-20(31)12-17-5-2-10-32-17/h1-11,13H,12H2,(H,27,31). The summed E-state index contributed by atoms with van der Waals surface area (Å²) < 4.78 is 15.3. The molecular formula is C23H15ClFN5OS. The maximum absolute atomic E-state index is 13.9. The second-order valence-electron chi connectivity index (χ2n) is 7.00. The number of nitrogens with zero attached hydrogens (tertiary/aromatic N) is 4. The highest BCUT2D eigenvalue weighted by atomic mass is 35.5. The van der Waals surface area contributed by atoms with Gasteiger partial charge >= 0.3 is 0 Å². The number of pyridine rings is 1. The number of aromatic nitrogens is 4. The summed E-state index contributed by atoms with van der Waals surface area (Å²) in [5.41, 5.74) is 3.89. The zero-order valence-corrected chi connectivity index (χ0v) is 18.1. The highest BCUT2D eigenvalue weighted by molar-refractivity contribution is 7.10. The predicted octanol–water partition coefficient (Wildman–Crippen LogP) is 5.49. The molecule has 4 heterocycles. The van der Waals surface area contributed by atoms with Crippen molar-refractivity contribution in [1.82, 2.24) is 19.6 Å². The predicted molar refractivity (Wildman–Crippen MR) is 123 cm³/mol. The number of amides is 1. The molecule has 0 radical (unpaired) electrons. The van der Waals surface area contributed by atoms with Crippen LogP contribution in [0.2, 0.25) is 5.28 Å². The Balaban J connectivity index is 1.56. The van der Waals surface area contributed by atoms with Gasteiger partial charge in [0.15, 0.2) is 0 Å². The maximum atomic E-state index is 13.9. The molecule has 0 aliphatic rings. The Kier molecular flexibility index (Phi) is 5.38. The van der Waals surface area contributed by atoms with E-state index in [1.54, 1.807) is 18.3 Å². The van der Waals surface area contributed by atoms with E-state index in [-0.39, 0.29) is 11.2 Å². The Morgan fingerprint density at radius 2 is 2.06 bits per heavy atom. The van der Waals surface area contributed by atoms with Crippen molar-refractivity contribution in [2.45, 2.75) is 6.42 Å².